The van der Waals surface area contributed by atoms with Crippen molar-refractivity contribution in [2.75, 3.05) is 11.9 Å². The van der Waals surface area contributed by atoms with Crippen LogP contribution < -0.4 is 10.1 Å². The number of hydrogen-bond acceptors (Lipinski definition) is 5. The van der Waals surface area contributed by atoms with E-state index in [4.69, 9.17) is 9.47 Å². The van der Waals surface area contributed by atoms with E-state index < -0.39 is 35.2 Å². The number of carboxylic acid groups (broad SMARTS) is 1. The van der Waals surface area contributed by atoms with Crippen molar-refractivity contribution in [3.63, 3.8) is 0 Å². The van der Waals surface area contributed by atoms with Gasteiger partial charge in [0.1, 0.15) is 23.0 Å². The number of carboxylic acids is 1. The fourth-order valence-corrected chi connectivity index (χ4v) is 2.75. The number of halogens is 2. The third-order valence-corrected chi connectivity index (χ3v) is 3.96. The summed E-state index contributed by atoms with van der Waals surface area (Å²) in [4.78, 5) is 23.6. The van der Waals surface area contributed by atoms with Crippen LogP contribution in [0.5, 0.6) is 5.75 Å². The van der Waals surface area contributed by atoms with Crippen molar-refractivity contribution in [1.82, 2.24) is 0 Å². The summed E-state index contributed by atoms with van der Waals surface area (Å²) in [6.45, 7) is 7.21. The lowest BCUT2D eigenvalue weighted by atomic mass is 10.0. The zero-order valence-corrected chi connectivity index (χ0v) is 17.3. The SMILES string of the molecule is CCOc1ccc(F)c(C(Nc2ccc(CC(=O)OC(C)(C)C)c(F)c2)C(=O)O)c1. The van der Waals surface area contributed by atoms with Gasteiger partial charge in [0.05, 0.1) is 13.0 Å². The molecule has 0 heterocycles. The Kier molecular flexibility index (Phi) is 7.37. The van der Waals surface area contributed by atoms with E-state index in [2.05, 4.69) is 5.32 Å². The van der Waals surface area contributed by atoms with Crippen LogP contribution in [0.2, 0.25) is 0 Å². The Morgan fingerprint density at radius 3 is 2.37 bits per heavy atom. The summed E-state index contributed by atoms with van der Waals surface area (Å²) >= 11 is 0. The zero-order chi connectivity index (χ0) is 22.5. The molecule has 8 heteroatoms. The molecule has 2 aromatic rings. The summed E-state index contributed by atoms with van der Waals surface area (Å²) in [5.41, 5.74) is -0.615. The molecule has 0 spiro atoms. The first-order valence-electron chi connectivity index (χ1n) is 9.42. The minimum atomic E-state index is -1.47. The first-order chi connectivity index (χ1) is 14.0. The number of esters is 1. The third kappa shape index (κ3) is 6.43. The molecule has 6 nitrogen and oxygen atoms in total. The van der Waals surface area contributed by atoms with E-state index in [9.17, 15) is 23.5 Å². The van der Waals surface area contributed by atoms with Gasteiger partial charge in [0.2, 0.25) is 0 Å². The van der Waals surface area contributed by atoms with E-state index >= 15 is 0 Å². The minimum Gasteiger partial charge on any atom is -0.494 e. The number of aliphatic carboxylic acids is 1. The molecule has 0 aliphatic rings. The van der Waals surface area contributed by atoms with E-state index in [-0.39, 0.29) is 23.2 Å². The maximum Gasteiger partial charge on any atom is 0.330 e. The Labute approximate surface area is 173 Å². The van der Waals surface area contributed by atoms with Crippen molar-refractivity contribution in [2.45, 2.75) is 45.8 Å². The van der Waals surface area contributed by atoms with E-state index in [0.29, 0.717) is 12.4 Å². The Morgan fingerprint density at radius 1 is 1.10 bits per heavy atom. The molecule has 2 rings (SSSR count). The Bertz CT molecular complexity index is 924. The van der Waals surface area contributed by atoms with Gasteiger partial charge in [0, 0.05) is 11.3 Å². The quantitative estimate of drug-likeness (QED) is 0.611. The van der Waals surface area contributed by atoms with Crippen LogP contribution in [0.1, 0.15) is 44.9 Å². The normalized spacial score (nSPS) is 12.2. The summed E-state index contributed by atoms with van der Waals surface area (Å²) in [7, 11) is 0. The maximum atomic E-state index is 14.5. The molecular formula is C22H25F2NO5. The van der Waals surface area contributed by atoms with Gasteiger partial charge in [0.15, 0.2) is 6.04 Å². The molecule has 2 N–H and O–H groups in total. The monoisotopic (exact) mass is 421 g/mol. The molecule has 0 amide bonds. The lowest BCUT2D eigenvalue weighted by Crippen LogP contribution is -2.25. The van der Waals surface area contributed by atoms with Crippen LogP contribution in [-0.2, 0) is 20.7 Å². The molecule has 0 bridgehead atoms. The Hall–Kier alpha value is -3.16. The number of hydrogen-bond donors (Lipinski definition) is 2. The van der Waals surface area contributed by atoms with Gasteiger partial charge in [-0.3, -0.25) is 4.79 Å². The van der Waals surface area contributed by atoms with Crippen molar-refractivity contribution in [2.24, 2.45) is 0 Å². The molecule has 0 fully saturated rings. The van der Waals surface area contributed by atoms with Gasteiger partial charge in [-0.1, -0.05) is 6.07 Å². The minimum absolute atomic E-state index is 0.103. The fraction of sp³-hybridized carbons (Fsp3) is 0.364. The van der Waals surface area contributed by atoms with Crippen LogP contribution in [0.25, 0.3) is 0 Å². The molecule has 0 saturated carbocycles. The molecule has 162 valence electrons. The average Bonchev–Trinajstić information content (AvgIpc) is 2.62. The highest BCUT2D eigenvalue weighted by Crippen LogP contribution is 2.27. The Morgan fingerprint density at radius 2 is 1.80 bits per heavy atom. The smallest absolute Gasteiger partial charge is 0.330 e. The summed E-state index contributed by atoms with van der Waals surface area (Å²) in [6, 6.07) is 6.16. The van der Waals surface area contributed by atoms with E-state index in [1.807, 2.05) is 0 Å². The summed E-state index contributed by atoms with van der Waals surface area (Å²) in [5, 5.41) is 12.2. The highest BCUT2D eigenvalue weighted by atomic mass is 19.1. The second-order valence-electron chi connectivity index (χ2n) is 7.60. The number of nitrogens with one attached hydrogen (secondary N) is 1. The third-order valence-electron chi connectivity index (χ3n) is 3.96. The molecule has 1 atom stereocenters. The maximum absolute atomic E-state index is 14.5. The van der Waals surface area contributed by atoms with Gasteiger partial charge in [-0.15, -0.1) is 0 Å². The van der Waals surface area contributed by atoms with Crippen LogP contribution in [0.3, 0.4) is 0 Å². The highest BCUT2D eigenvalue weighted by molar-refractivity contribution is 5.80. The topological polar surface area (TPSA) is 84.9 Å². The van der Waals surface area contributed by atoms with Gasteiger partial charge in [0.25, 0.3) is 0 Å². The van der Waals surface area contributed by atoms with Gasteiger partial charge >= 0.3 is 11.9 Å². The van der Waals surface area contributed by atoms with Gasteiger partial charge < -0.3 is 19.9 Å². The van der Waals surface area contributed by atoms with Crippen molar-refractivity contribution >= 4 is 17.6 Å². The standard InChI is InChI=1S/C22H25F2NO5/c1-5-29-15-8-9-17(23)16(12-15)20(21(27)28)25-14-7-6-13(18(24)11-14)10-19(26)30-22(2,3)4/h6-9,11-12,20,25H,5,10H2,1-4H3,(H,27,28). The molecule has 1 unspecified atom stereocenters. The van der Waals surface area contributed by atoms with Gasteiger partial charge in [-0.2, -0.15) is 0 Å². The van der Waals surface area contributed by atoms with Crippen LogP contribution in [0.4, 0.5) is 14.5 Å². The number of anilines is 1. The van der Waals surface area contributed by atoms with Crippen molar-refractivity contribution in [1.29, 1.82) is 0 Å². The number of carbonyl (C=O) groups is 2. The molecule has 0 aliphatic carbocycles. The van der Waals surface area contributed by atoms with E-state index in [0.717, 1.165) is 12.1 Å². The van der Waals surface area contributed by atoms with Gasteiger partial charge in [-0.25, -0.2) is 13.6 Å². The number of carbonyl (C=O) groups excluding carboxylic acids is 1. The molecule has 0 aromatic heterocycles. The zero-order valence-electron chi connectivity index (χ0n) is 17.3. The van der Waals surface area contributed by atoms with Crippen LogP contribution in [0, 0.1) is 11.6 Å². The highest BCUT2D eigenvalue weighted by Gasteiger charge is 2.25. The van der Waals surface area contributed by atoms with Crippen molar-refractivity contribution in [3.05, 3.63) is 59.2 Å². The van der Waals surface area contributed by atoms with Crippen LogP contribution in [-0.4, -0.2) is 29.3 Å². The molecular weight excluding hydrogens is 396 g/mol. The van der Waals surface area contributed by atoms with E-state index in [1.54, 1.807) is 27.7 Å². The predicted octanol–water partition coefficient (Wildman–Crippen LogP) is 4.49. The second kappa shape index (κ2) is 9.56. The first kappa shape index (κ1) is 23.1. The van der Waals surface area contributed by atoms with Crippen molar-refractivity contribution in [3.8, 4) is 5.75 Å². The summed E-state index contributed by atoms with van der Waals surface area (Å²) in [5.74, 6) is -3.05. The second-order valence-corrected chi connectivity index (χ2v) is 7.60. The first-order valence-corrected chi connectivity index (χ1v) is 9.42. The molecule has 0 radical (unpaired) electrons. The molecule has 0 saturated heterocycles. The van der Waals surface area contributed by atoms with Gasteiger partial charge in [-0.05, 0) is 63.6 Å². The molecule has 2 aromatic carbocycles. The lowest BCUT2D eigenvalue weighted by Gasteiger charge is -2.20. The number of rotatable bonds is 8. The lowest BCUT2D eigenvalue weighted by molar-refractivity contribution is -0.154. The molecule has 0 aliphatic heterocycles. The summed E-state index contributed by atoms with van der Waals surface area (Å²) < 4.78 is 39.2. The largest absolute Gasteiger partial charge is 0.494 e. The molecule has 30 heavy (non-hydrogen) atoms. The number of ether oxygens (including phenoxy) is 2. The van der Waals surface area contributed by atoms with Crippen LogP contribution >= 0.6 is 0 Å². The fourth-order valence-electron chi connectivity index (χ4n) is 2.75. The van der Waals surface area contributed by atoms with E-state index in [1.165, 1.54) is 24.3 Å². The van der Waals surface area contributed by atoms with Crippen LogP contribution in [0.15, 0.2) is 36.4 Å². The average molecular weight is 421 g/mol. The predicted molar refractivity (Wildman–Crippen MR) is 108 cm³/mol. The Balaban J connectivity index is 2.23. The van der Waals surface area contributed by atoms with Crippen molar-refractivity contribution < 1.29 is 33.0 Å². The summed E-state index contributed by atoms with van der Waals surface area (Å²) in [6.07, 6.45) is -0.267. The number of benzene rings is 2.